The highest BCUT2D eigenvalue weighted by molar-refractivity contribution is 5.81. The molecule has 0 bridgehead atoms. The summed E-state index contributed by atoms with van der Waals surface area (Å²) in [5.41, 5.74) is 0. The number of ether oxygens (including phenoxy) is 2. The maximum absolute atomic E-state index is 12.3. The van der Waals surface area contributed by atoms with Crippen LogP contribution < -0.4 is 5.32 Å². The molecule has 0 aliphatic carbocycles. The summed E-state index contributed by atoms with van der Waals surface area (Å²) in [5, 5.41) is 3.49. The van der Waals surface area contributed by atoms with Crippen molar-refractivity contribution in [3.63, 3.8) is 0 Å². The van der Waals surface area contributed by atoms with Crippen molar-refractivity contribution >= 4 is 11.9 Å². The SMILES string of the molecule is CN=C(NCCCN1CCCC1C(=O)N(C)C)N1CCC(COCCOC)C1. The molecule has 2 rings (SSSR count). The lowest BCUT2D eigenvalue weighted by Gasteiger charge is -2.26. The predicted octanol–water partition coefficient (Wildman–Crippen LogP) is 0.489. The van der Waals surface area contributed by atoms with Gasteiger partial charge < -0.3 is 24.6 Å². The Bertz CT molecular complexity index is 500. The Morgan fingerprint density at radius 1 is 1.25 bits per heavy atom. The number of carbonyl (C=O) groups is 1. The molecule has 8 nitrogen and oxygen atoms in total. The van der Waals surface area contributed by atoms with Crippen LogP contribution in [-0.2, 0) is 14.3 Å². The fraction of sp³-hybridized carbons (Fsp3) is 0.900. The van der Waals surface area contributed by atoms with E-state index >= 15 is 0 Å². The molecule has 0 radical (unpaired) electrons. The van der Waals surface area contributed by atoms with Gasteiger partial charge in [-0.3, -0.25) is 14.7 Å². The van der Waals surface area contributed by atoms with Crippen molar-refractivity contribution in [3.05, 3.63) is 0 Å². The van der Waals surface area contributed by atoms with Gasteiger partial charge in [0.25, 0.3) is 0 Å². The normalized spacial score (nSPS) is 23.4. The van der Waals surface area contributed by atoms with Crippen LogP contribution >= 0.6 is 0 Å². The van der Waals surface area contributed by atoms with Gasteiger partial charge in [0.2, 0.25) is 5.91 Å². The van der Waals surface area contributed by atoms with E-state index in [0.29, 0.717) is 19.1 Å². The number of aliphatic imine (C=N–C) groups is 1. The Morgan fingerprint density at radius 3 is 2.79 bits per heavy atom. The van der Waals surface area contributed by atoms with Gasteiger partial charge in [0, 0.05) is 60.3 Å². The molecule has 28 heavy (non-hydrogen) atoms. The second-order valence-electron chi connectivity index (χ2n) is 7.92. The summed E-state index contributed by atoms with van der Waals surface area (Å²) in [6.07, 6.45) is 4.23. The lowest BCUT2D eigenvalue weighted by molar-refractivity contribution is -0.133. The Labute approximate surface area is 170 Å². The van der Waals surface area contributed by atoms with Crippen LogP contribution in [0.25, 0.3) is 0 Å². The molecular formula is C20H39N5O3. The van der Waals surface area contributed by atoms with E-state index < -0.39 is 0 Å². The van der Waals surface area contributed by atoms with Gasteiger partial charge in [0.15, 0.2) is 5.96 Å². The average molecular weight is 398 g/mol. The van der Waals surface area contributed by atoms with Crippen LogP contribution in [-0.4, -0.2) is 113 Å². The van der Waals surface area contributed by atoms with Crippen molar-refractivity contribution in [1.82, 2.24) is 20.0 Å². The van der Waals surface area contributed by atoms with Crippen LogP contribution in [0.1, 0.15) is 25.7 Å². The van der Waals surface area contributed by atoms with Crippen molar-refractivity contribution in [3.8, 4) is 0 Å². The summed E-state index contributed by atoms with van der Waals surface area (Å²) in [7, 11) is 7.23. The number of amides is 1. The molecule has 2 unspecified atom stereocenters. The van der Waals surface area contributed by atoms with Crippen LogP contribution in [0.15, 0.2) is 4.99 Å². The molecule has 2 aliphatic heterocycles. The fourth-order valence-corrected chi connectivity index (χ4v) is 4.04. The van der Waals surface area contributed by atoms with Gasteiger partial charge in [-0.25, -0.2) is 0 Å². The molecule has 162 valence electrons. The Hall–Kier alpha value is -1.38. The molecule has 2 atom stereocenters. The standard InChI is InChI=1S/C20H39N5O3/c1-21-20(25-12-8-17(15-25)16-28-14-13-27-4)22-9-6-11-24-10-5-7-18(24)19(26)23(2)3/h17-18H,5-16H2,1-4H3,(H,21,22). The van der Waals surface area contributed by atoms with E-state index in [9.17, 15) is 4.79 Å². The van der Waals surface area contributed by atoms with Crippen molar-refractivity contribution in [2.75, 3.05) is 80.8 Å². The third kappa shape index (κ3) is 6.90. The molecule has 1 amide bonds. The second-order valence-corrected chi connectivity index (χ2v) is 7.92. The third-order valence-corrected chi connectivity index (χ3v) is 5.58. The van der Waals surface area contributed by atoms with Crippen molar-refractivity contribution in [2.24, 2.45) is 10.9 Å². The number of nitrogens with zero attached hydrogens (tertiary/aromatic N) is 4. The van der Waals surface area contributed by atoms with Crippen LogP contribution in [0.4, 0.5) is 0 Å². The molecule has 2 heterocycles. The summed E-state index contributed by atoms with van der Waals surface area (Å²) >= 11 is 0. The lowest BCUT2D eigenvalue weighted by atomic mass is 10.1. The van der Waals surface area contributed by atoms with Gasteiger partial charge in [-0.1, -0.05) is 0 Å². The average Bonchev–Trinajstić information content (AvgIpc) is 3.34. The van der Waals surface area contributed by atoms with Gasteiger partial charge in [0.1, 0.15) is 0 Å². The molecule has 2 aliphatic rings. The summed E-state index contributed by atoms with van der Waals surface area (Å²) in [6, 6.07) is 0.0618. The zero-order valence-electron chi connectivity index (χ0n) is 18.2. The molecule has 0 aromatic carbocycles. The number of guanidine groups is 1. The summed E-state index contributed by atoms with van der Waals surface area (Å²) in [5.74, 6) is 1.76. The molecule has 0 aromatic heterocycles. The zero-order valence-corrected chi connectivity index (χ0v) is 18.2. The van der Waals surface area contributed by atoms with Gasteiger partial charge in [-0.2, -0.15) is 0 Å². The Balaban J connectivity index is 1.65. The number of hydrogen-bond acceptors (Lipinski definition) is 5. The highest BCUT2D eigenvalue weighted by atomic mass is 16.5. The first-order valence-corrected chi connectivity index (χ1v) is 10.5. The number of carbonyl (C=O) groups excluding carboxylic acids is 1. The molecule has 1 N–H and O–H groups in total. The number of nitrogens with one attached hydrogen (secondary N) is 1. The van der Waals surface area contributed by atoms with Gasteiger partial charge in [-0.05, 0) is 32.2 Å². The van der Waals surface area contributed by atoms with E-state index in [1.54, 1.807) is 12.0 Å². The molecule has 2 fully saturated rings. The van der Waals surface area contributed by atoms with E-state index in [0.717, 1.165) is 71.0 Å². The van der Waals surface area contributed by atoms with Gasteiger partial charge >= 0.3 is 0 Å². The molecular weight excluding hydrogens is 358 g/mol. The lowest BCUT2D eigenvalue weighted by Crippen LogP contribution is -2.44. The topological polar surface area (TPSA) is 69.6 Å². The number of likely N-dealkylation sites (tertiary alicyclic amines) is 2. The van der Waals surface area contributed by atoms with Crippen LogP contribution in [0.3, 0.4) is 0 Å². The summed E-state index contributed by atoms with van der Waals surface area (Å²) in [6.45, 7) is 6.94. The first-order valence-electron chi connectivity index (χ1n) is 10.5. The molecule has 2 saturated heterocycles. The highest BCUT2D eigenvalue weighted by Crippen LogP contribution is 2.19. The Kier molecular flexibility index (Phi) is 10.0. The van der Waals surface area contributed by atoms with Crippen molar-refractivity contribution < 1.29 is 14.3 Å². The first kappa shape index (κ1) is 22.9. The van der Waals surface area contributed by atoms with Crippen LogP contribution in [0.2, 0.25) is 0 Å². The van der Waals surface area contributed by atoms with Crippen molar-refractivity contribution in [2.45, 2.75) is 31.7 Å². The largest absolute Gasteiger partial charge is 0.382 e. The smallest absolute Gasteiger partial charge is 0.239 e. The van der Waals surface area contributed by atoms with Gasteiger partial charge in [0.05, 0.1) is 25.9 Å². The molecule has 8 heteroatoms. The van der Waals surface area contributed by atoms with Crippen molar-refractivity contribution in [1.29, 1.82) is 0 Å². The minimum Gasteiger partial charge on any atom is -0.382 e. The number of methoxy groups -OCH3 is 1. The fourth-order valence-electron chi connectivity index (χ4n) is 4.04. The number of rotatable bonds is 10. The second kappa shape index (κ2) is 12.2. The quantitative estimate of drug-likeness (QED) is 0.329. The van der Waals surface area contributed by atoms with E-state index in [4.69, 9.17) is 9.47 Å². The third-order valence-electron chi connectivity index (χ3n) is 5.58. The van der Waals surface area contributed by atoms with E-state index in [2.05, 4.69) is 20.1 Å². The van der Waals surface area contributed by atoms with Gasteiger partial charge in [-0.15, -0.1) is 0 Å². The monoisotopic (exact) mass is 397 g/mol. The minimum atomic E-state index is 0.0618. The maximum Gasteiger partial charge on any atom is 0.239 e. The highest BCUT2D eigenvalue weighted by Gasteiger charge is 2.31. The number of likely N-dealkylation sites (N-methyl/N-ethyl adjacent to an activating group) is 1. The summed E-state index contributed by atoms with van der Waals surface area (Å²) in [4.78, 5) is 23.1. The summed E-state index contributed by atoms with van der Waals surface area (Å²) < 4.78 is 10.7. The molecule has 0 spiro atoms. The van der Waals surface area contributed by atoms with E-state index in [-0.39, 0.29) is 11.9 Å². The first-order chi connectivity index (χ1) is 13.6. The molecule has 0 saturated carbocycles. The van der Waals surface area contributed by atoms with Crippen LogP contribution in [0, 0.1) is 5.92 Å². The maximum atomic E-state index is 12.3. The van der Waals surface area contributed by atoms with Crippen LogP contribution in [0.5, 0.6) is 0 Å². The minimum absolute atomic E-state index is 0.0618. The Morgan fingerprint density at radius 2 is 2.07 bits per heavy atom. The number of hydrogen-bond donors (Lipinski definition) is 1. The zero-order chi connectivity index (χ0) is 20.4. The van der Waals surface area contributed by atoms with E-state index in [1.807, 2.05) is 21.1 Å². The molecule has 0 aromatic rings. The predicted molar refractivity (Wildman–Crippen MR) is 112 cm³/mol. The van der Waals surface area contributed by atoms with E-state index in [1.165, 1.54) is 0 Å².